The van der Waals surface area contributed by atoms with Gasteiger partial charge in [0.05, 0.1) is 6.04 Å². The maximum absolute atomic E-state index is 5.51. The minimum Gasteiger partial charge on any atom is -0.384 e. The van der Waals surface area contributed by atoms with Crippen molar-refractivity contribution in [3.05, 3.63) is 12.3 Å². The quantitative estimate of drug-likeness (QED) is 0.702. The second-order valence-electron chi connectivity index (χ2n) is 2.96. The van der Waals surface area contributed by atoms with Crippen LogP contribution in [0, 0.1) is 12.3 Å². The van der Waals surface area contributed by atoms with Crippen molar-refractivity contribution < 1.29 is 0 Å². The molecule has 4 nitrogen and oxygen atoms in total. The van der Waals surface area contributed by atoms with E-state index in [9.17, 15) is 0 Å². The van der Waals surface area contributed by atoms with E-state index in [1.54, 1.807) is 12.3 Å². The third-order valence-corrected chi connectivity index (χ3v) is 1.76. The normalized spacial score (nSPS) is 11.7. The number of rotatable bonds is 4. The lowest BCUT2D eigenvalue weighted by molar-refractivity contribution is 0.748. The summed E-state index contributed by atoms with van der Waals surface area (Å²) in [6, 6.07) is 1.61. The lowest BCUT2D eigenvalue weighted by Crippen LogP contribution is -2.18. The molecule has 0 aliphatic rings. The molecule has 1 rings (SSSR count). The smallest absolute Gasteiger partial charge is 0.225 e. The van der Waals surface area contributed by atoms with E-state index in [2.05, 4.69) is 28.1 Å². The topological polar surface area (TPSA) is 63.8 Å². The molecule has 0 amide bonds. The van der Waals surface area contributed by atoms with Gasteiger partial charge in [0, 0.05) is 6.20 Å². The monoisotopic (exact) mass is 190 g/mol. The maximum atomic E-state index is 5.51. The zero-order chi connectivity index (χ0) is 10.4. The molecular weight excluding hydrogens is 176 g/mol. The van der Waals surface area contributed by atoms with Crippen LogP contribution in [0.5, 0.6) is 0 Å². The molecule has 0 aromatic carbocycles. The van der Waals surface area contributed by atoms with E-state index in [-0.39, 0.29) is 6.04 Å². The van der Waals surface area contributed by atoms with Crippen LogP contribution in [-0.4, -0.2) is 16.0 Å². The Morgan fingerprint density at radius 2 is 2.50 bits per heavy atom. The van der Waals surface area contributed by atoms with Crippen LogP contribution in [0.1, 0.15) is 19.8 Å². The first-order valence-electron chi connectivity index (χ1n) is 4.57. The third-order valence-electron chi connectivity index (χ3n) is 1.76. The van der Waals surface area contributed by atoms with Crippen LogP contribution in [0.25, 0.3) is 0 Å². The summed E-state index contributed by atoms with van der Waals surface area (Å²) in [7, 11) is 0. The molecule has 1 aromatic rings. The summed E-state index contributed by atoms with van der Waals surface area (Å²) >= 11 is 0. The zero-order valence-electron chi connectivity index (χ0n) is 8.20. The number of aromatic nitrogens is 2. The molecule has 1 aromatic heterocycles. The summed E-state index contributed by atoms with van der Waals surface area (Å²) in [5.74, 6) is 3.57. The highest BCUT2D eigenvalue weighted by molar-refractivity contribution is 5.37. The van der Waals surface area contributed by atoms with Crippen LogP contribution in [0.3, 0.4) is 0 Å². The van der Waals surface area contributed by atoms with Crippen molar-refractivity contribution in [2.24, 2.45) is 0 Å². The van der Waals surface area contributed by atoms with Crippen molar-refractivity contribution in [3.8, 4) is 12.3 Å². The second-order valence-corrected chi connectivity index (χ2v) is 2.96. The van der Waals surface area contributed by atoms with Crippen molar-refractivity contribution >= 4 is 11.8 Å². The Kier molecular flexibility index (Phi) is 3.74. The van der Waals surface area contributed by atoms with Gasteiger partial charge >= 0.3 is 0 Å². The minimum absolute atomic E-state index is 0.0261. The average molecular weight is 190 g/mol. The third kappa shape index (κ3) is 2.94. The van der Waals surface area contributed by atoms with Gasteiger partial charge in [-0.05, 0) is 12.5 Å². The van der Waals surface area contributed by atoms with Crippen LogP contribution in [0.2, 0.25) is 0 Å². The van der Waals surface area contributed by atoms with Gasteiger partial charge in [-0.25, -0.2) is 4.98 Å². The fraction of sp³-hybridized carbons (Fsp3) is 0.400. The Morgan fingerprint density at radius 3 is 3.07 bits per heavy atom. The van der Waals surface area contributed by atoms with Gasteiger partial charge in [0.2, 0.25) is 5.95 Å². The predicted octanol–water partition coefficient (Wildman–Crippen LogP) is 1.27. The summed E-state index contributed by atoms with van der Waals surface area (Å²) in [5, 5.41) is 3.03. The molecule has 0 spiro atoms. The lowest BCUT2D eigenvalue weighted by atomic mass is 10.2. The van der Waals surface area contributed by atoms with E-state index < -0.39 is 0 Å². The van der Waals surface area contributed by atoms with E-state index in [0.717, 1.165) is 12.8 Å². The molecule has 74 valence electrons. The molecule has 4 heteroatoms. The van der Waals surface area contributed by atoms with Crippen molar-refractivity contribution in [2.75, 3.05) is 11.1 Å². The van der Waals surface area contributed by atoms with Crippen molar-refractivity contribution in [1.82, 2.24) is 9.97 Å². The van der Waals surface area contributed by atoms with E-state index >= 15 is 0 Å². The fourth-order valence-electron chi connectivity index (χ4n) is 1.08. The molecule has 1 heterocycles. The largest absolute Gasteiger partial charge is 0.384 e. The number of nitrogens with zero attached hydrogens (tertiary/aromatic N) is 2. The van der Waals surface area contributed by atoms with Crippen molar-refractivity contribution in [2.45, 2.75) is 25.8 Å². The van der Waals surface area contributed by atoms with E-state index in [0.29, 0.717) is 11.8 Å². The summed E-state index contributed by atoms with van der Waals surface area (Å²) in [6.07, 6.45) is 8.86. The Balaban J connectivity index is 2.63. The van der Waals surface area contributed by atoms with Crippen LogP contribution in [0.4, 0.5) is 11.8 Å². The predicted molar refractivity (Wildman–Crippen MR) is 57.6 cm³/mol. The van der Waals surface area contributed by atoms with E-state index in [4.69, 9.17) is 12.2 Å². The molecule has 0 saturated heterocycles. The van der Waals surface area contributed by atoms with Gasteiger partial charge in [-0.2, -0.15) is 4.98 Å². The Hall–Kier alpha value is -1.76. The highest BCUT2D eigenvalue weighted by Gasteiger charge is 2.04. The Bertz CT molecular complexity index is 329. The number of hydrogen-bond acceptors (Lipinski definition) is 4. The van der Waals surface area contributed by atoms with Crippen molar-refractivity contribution in [3.63, 3.8) is 0 Å². The standard InChI is InChI=1S/C10H14N4/c1-3-5-8(4-2)13-10-12-7-6-9(11)14-10/h2,6-8H,3,5H2,1H3,(H3,11,12,13,14). The van der Waals surface area contributed by atoms with Gasteiger partial charge in [-0.3, -0.25) is 0 Å². The van der Waals surface area contributed by atoms with Gasteiger partial charge in [0.15, 0.2) is 0 Å². The van der Waals surface area contributed by atoms with Gasteiger partial charge < -0.3 is 11.1 Å². The summed E-state index contributed by atoms with van der Waals surface area (Å²) in [5.41, 5.74) is 5.51. The highest BCUT2D eigenvalue weighted by Crippen LogP contribution is 2.05. The first kappa shape index (κ1) is 10.3. The number of hydrogen-bond donors (Lipinski definition) is 2. The SMILES string of the molecule is C#CC(CCC)Nc1nccc(N)n1. The minimum atomic E-state index is -0.0261. The van der Waals surface area contributed by atoms with Crippen LogP contribution in [-0.2, 0) is 0 Å². The second kappa shape index (κ2) is 5.07. The molecule has 14 heavy (non-hydrogen) atoms. The Labute approximate surface area is 83.9 Å². The maximum Gasteiger partial charge on any atom is 0.225 e. The van der Waals surface area contributed by atoms with E-state index in [1.807, 2.05) is 0 Å². The summed E-state index contributed by atoms with van der Waals surface area (Å²) in [4.78, 5) is 8.01. The number of nitrogens with one attached hydrogen (secondary N) is 1. The molecule has 3 N–H and O–H groups in total. The molecule has 1 atom stereocenters. The Morgan fingerprint density at radius 1 is 1.71 bits per heavy atom. The number of terminal acetylenes is 1. The molecule has 0 aliphatic heterocycles. The van der Waals surface area contributed by atoms with E-state index in [1.165, 1.54) is 0 Å². The average Bonchev–Trinajstić information content (AvgIpc) is 2.17. The zero-order valence-corrected chi connectivity index (χ0v) is 8.20. The highest BCUT2D eigenvalue weighted by atomic mass is 15.1. The van der Waals surface area contributed by atoms with Gasteiger partial charge in [-0.15, -0.1) is 6.42 Å². The van der Waals surface area contributed by atoms with Crippen LogP contribution < -0.4 is 11.1 Å². The molecule has 0 fully saturated rings. The molecular formula is C10H14N4. The molecule has 1 unspecified atom stereocenters. The van der Waals surface area contributed by atoms with Crippen molar-refractivity contribution in [1.29, 1.82) is 0 Å². The first-order valence-corrected chi connectivity index (χ1v) is 4.57. The fourth-order valence-corrected chi connectivity index (χ4v) is 1.08. The summed E-state index contributed by atoms with van der Waals surface area (Å²) in [6.45, 7) is 2.08. The molecule has 0 aliphatic carbocycles. The first-order chi connectivity index (χ1) is 6.76. The number of nitrogens with two attached hydrogens (primary N) is 1. The van der Waals surface area contributed by atoms with Gasteiger partial charge in [-0.1, -0.05) is 19.3 Å². The molecule has 0 radical (unpaired) electrons. The van der Waals surface area contributed by atoms with Crippen LogP contribution >= 0.6 is 0 Å². The van der Waals surface area contributed by atoms with Gasteiger partial charge in [0.25, 0.3) is 0 Å². The van der Waals surface area contributed by atoms with Gasteiger partial charge in [0.1, 0.15) is 5.82 Å². The number of nitrogen functional groups attached to an aromatic ring is 1. The lowest BCUT2D eigenvalue weighted by Gasteiger charge is -2.11. The number of anilines is 2. The van der Waals surface area contributed by atoms with Crippen LogP contribution in [0.15, 0.2) is 12.3 Å². The summed E-state index contributed by atoms with van der Waals surface area (Å²) < 4.78 is 0. The molecule has 0 saturated carbocycles. The molecule has 0 bridgehead atoms.